The Morgan fingerprint density at radius 3 is 2.76 bits per heavy atom. The van der Waals surface area contributed by atoms with Crippen LogP contribution in [0.4, 0.5) is 4.39 Å². The van der Waals surface area contributed by atoms with Gasteiger partial charge in [0, 0.05) is 18.9 Å². The van der Waals surface area contributed by atoms with Crippen LogP contribution in [-0.2, 0) is 4.74 Å². The molecule has 1 fully saturated rings. The molecule has 17 heavy (non-hydrogen) atoms. The van der Waals surface area contributed by atoms with Crippen LogP contribution >= 0.6 is 0 Å². The van der Waals surface area contributed by atoms with Crippen molar-refractivity contribution in [1.82, 2.24) is 0 Å². The van der Waals surface area contributed by atoms with Crippen molar-refractivity contribution in [1.29, 1.82) is 0 Å². The standard InChI is InChI=1S/C13H13FO3/c14-9-1-2-10-11(15)8-13(17-12(10)7-9)3-5-16-6-4-13/h1-2,7H,3-6,8H2. The lowest BCUT2D eigenvalue weighted by Gasteiger charge is -2.40. The summed E-state index contributed by atoms with van der Waals surface area (Å²) in [6.45, 7) is 1.19. The maximum absolute atomic E-state index is 13.2. The predicted molar refractivity (Wildman–Crippen MR) is 58.8 cm³/mol. The lowest BCUT2D eigenvalue weighted by Crippen LogP contribution is -2.46. The van der Waals surface area contributed by atoms with E-state index in [0.717, 1.165) is 0 Å². The summed E-state index contributed by atoms with van der Waals surface area (Å²) < 4.78 is 24.3. The van der Waals surface area contributed by atoms with E-state index in [9.17, 15) is 9.18 Å². The highest BCUT2D eigenvalue weighted by atomic mass is 19.1. The first kappa shape index (κ1) is 10.7. The van der Waals surface area contributed by atoms with E-state index in [1.165, 1.54) is 18.2 Å². The largest absolute Gasteiger partial charge is 0.486 e. The van der Waals surface area contributed by atoms with Crippen LogP contribution < -0.4 is 4.74 Å². The molecule has 0 aliphatic carbocycles. The number of hydrogen-bond acceptors (Lipinski definition) is 3. The molecule has 0 amide bonds. The molecule has 3 nitrogen and oxygen atoms in total. The summed E-state index contributed by atoms with van der Waals surface area (Å²) in [6.07, 6.45) is 1.75. The topological polar surface area (TPSA) is 35.5 Å². The fraction of sp³-hybridized carbons (Fsp3) is 0.462. The summed E-state index contributed by atoms with van der Waals surface area (Å²) in [4.78, 5) is 12.0. The number of Topliss-reactive ketones (excluding diaryl/α,β-unsaturated/α-hetero) is 1. The Bertz CT molecular complexity index is 464. The van der Waals surface area contributed by atoms with Crippen LogP contribution in [0.5, 0.6) is 5.75 Å². The van der Waals surface area contributed by atoms with Crippen LogP contribution in [0.25, 0.3) is 0 Å². The summed E-state index contributed by atoms with van der Waals surface area (Å²) in [5, 5.41) is 0. The normalized spacial score (nSPS) is 22.1. The first-order valence-corrected chi connectivity index (χ1v) is 5.78. The second-order valence-corrected chi connectivity index (χ2v) is 4.64. The summed E-state index contributed by atoms with van der Waals surface area (Å²) in [7, 11) is 0. The molecule has 1 spiro atoms. The Labute approximate surface area is 98.5 Å². The number of benzene rings is 1. The molecule has 2 aliphatic heterocycles. The number of carbonyl (C=O) groups is 1. The smallest absolute Gasteiger partial charge is 0.170 e. The summed E-state index contributed by atoms with van der Waals surface area (Å²) in [5.74, 6) is 0.0389. The Hall–Kier alpha value is -1.42. The molecule has 1 aromatic carbocycles. The van der Waals surface area contributed by atoms with Gasteiger partial charge in [-0.2, -0.15) is 0 Å². The number of halogens is 1. The third kappa shape index (κ3) is 1.82. The molecule has 2 aliphatic rings. The second kappa shape index (κ2) is 3.81. The van der Waals surface area contributed by atoms with Crippen LogP contribution in [0.15, 0.2) is 18.2 Å². The number of ketones is 1. The van der Waals surface area contributed by atoms with Crippen molar-refractivity contribution < 1.29 is 18.7 Å². The number of carbonyl (C=O) groups excluding carboxylic acids is 1. The summed E-state index contributed by atoms with van der Waals surface area (Å²) >= 11 is 0. The van der Waals surface area contributed by atoms with E-state index in [4.69, 9.17) is 9.47 Å². The zero-order valence-electron chi connectivity index (χ0n) is 9.37. The highest BCUT2D eigenvalue weighted by Crippen LogP contribution is 2.38. The molecule has 0 radical (unpaired) electrons. The van der Waals surface area contributed by atoms with Gasteiger partial charge in [0.2, 0.25) is 0 Å². The zero-order chi connectivity index (χ0) is 11.9. The quantitative estimate of drug-likeness (QED) is 0.693. The van der Waals surface area contributed by atoms with Crippen LogP contribution in [0.3, 0.4) is 0 Å². The molecule has 0 N–H and O–H groups in total. The van der Waals surface area contributed by atoms with Crippen molar-refractivity contribution >= 4 is 5.78 Å². The monoisotopic (exact) mass is 236 g/mol. The average Bonchev–Trinajstić information content (AvgIpc) is 2.29. The molecule has 0 atom stereocenters. The SMILES string of the molecule is O=C1CC2(CCOCC2)Oc2cc(F)ccc21. The molecular weight excluding hydrogens is 223 g/mol. The molecule has 0 bridgehead atoms. The van der Waals surface area contributed by atoms with Gasteiger partial charge in [0.05, 0.1) is 25.2 Å². The zero-order valence-corrected chi connectivity index (χ0v) is 9.37. The van der Waals surface area contributed by atoms with E-state index in [-0.39, 0.29) is 11.6 Å². The van der Waals surface area contributed by atoms with Gasteiger partial charge in [0.1, 0.15) is 17.2 Å². The van der Waals surface area contributed by atoms with Crippen molar-refractivity contribution in [2.24, 2.45) is 0 Å². The van der Waals surface area contributed by atoms with Crippen molar-refractivity contribution in [2.75, 3.05) is 13.2 Å². The Balaban J connectivity index is 1.98. The van der Waals surface area contributed by atoms with Gasteiger partial charge in [-0.1, -0.05) is 0 Å². The molecule has 0 aromatic heterocycles. The second-order valence-electron chi connectivity index (χ2n) is 4.64. The maximum atomic E-state index is 13.2. The first-order chi connectivity index (χ1) is 8.19. The first-order valence-electron chi connectivity index (χ1n) is 5.78. The predicted octanol–water partition coefficient (Wildman–Crippen LogP) is 2.34. The molecule has 0 unspecified atom stereocenters. The summed E-state index contributed by atoms with van der Waals surface area (Å²) in [5.41, 5.74) is 0.0133. The minimum absolute atomic E-state index is 0.0353. The third-order valence-corrected chi connectivity index (χ3v) is 3.46. The lowest BCUT2D eigenvalue weighted by molar-refractivity contribution is -0.0505. The molecule has 1 aromatic rings. The van der Waals surface area contributed by atoms with Gasteiger partial charge in [0.15, 0.2) is 5.78 Å². The minimum Gasteiger partial charge on any atom is -0.486 e. The average molecular weight is 236 g/mol. The minimum atomic E-state index is -0.476. The van der Waals surface area contributed by atoms with Gasteiger partial charge in [-0.15, -0.1) is 0 Å². The van der Waals surface area contributed by atoms with Gasteiger partial charge in [-0.25, -0.2) is 4.39 Å². The van der Waals surface area contributed by atoms with Gasteiger partial charge in [-0.3, -0.25) is 4.79 Å². The number of hydrogen-bond donors (Lipinski definition) is 0. The van der Waals surface area contributed by atoms with E-state index < -0.39 is 5.60 Å². The van der Waals surface area contributed by atoms with Crippen LogP contribution in [0.2, 0.25) is 0 Å². The maximum Gasteiger partial charge on any atom is 0.170 e. The highest BCUT2D eigenvalue weighted by Gasteiger charge is 2.41. The molecule has 3 rings (SSSR count). The van der Waals surface area contributed by atoms with Gasteiger partial charge in [-0.05, 0) is 12.1 Å². The van der Waals surface area contributed by atoms with Crippen molar-refractivity contribution in [3.63, 3.8) is 0 Å². The highest BCUT2D eigenvalue weighted by molar-refractivity contribution is 6.00. The van der Waals surface area contributed by atoms with Crippen LogP contribution in [-0.4, -0.2) is 24.6 Å². The molecule has 90 valence electrons. The van der Waals surface area contributed by atoms with Crippen molar-refractivity contribution in [2.45, 2.75) is 24.9 Å². The molecule has 4 heteroatoms. The molecule has 2 heterocycles. The van der Waals surface area contributed by atoms with Crippen LogP contribution in [0, 0.1) is 5.82 Å². The Kier molecular flexibility index (Phi) is 2.40. The number of ether oxygens (including phenoxy) is 2. The molecule has 0 saturated carbocycles. The van der Waals surface area contributed by atoms with E-state index in [1.54, 1.807) is 0 Å². The number of rotatable bonds is 0. The van der Waals surface area contributed by atoms with Crippen molar-refractivity contribution in [3.05, 3.63) is 29.6 Å². The Morgan fingerprint density at radius 1 is 1.24 bits per heavy atom. The van der Waals surface area contributed by atoms with E-state index in [2.05, 4.69) is 0 Å². The molecular formula is C13H13FO3. The lowest BCUT2D eigenvalue weighted by atomic mass is 9.84. The molecule has 1 saturated heterocycles. The van der Waals surface area contributed by atoms with E-state index in [1.807, 2.05) is 0 Å². The third-order valence-electron chi connectivity index (χ3n) is 3.46. The number of fused-ring (bicyclic) bond motifs is 1. The van der Waals surface area contributed by atoms with Gasteiger partial charge < -0.3 is 9.47 Å². The summed E-state index contributed by atoms with van der Waals surface area (Å²) in [6, 6.07) is 4.09. The van der Waals surface area contributed by atoms with E-state index >= 15 is 0 Å². The fourth-order valence-electron chi connectivity index (χ4n) is 2.49. The van der Waals surface area contributed by atoms with Crippen molar-refractivity contribution in [3.8, 4) is 5.75 Å². The van der Waals surface area contributed by atoms with Crippen LogP contribution in [0.1, 0.15) is 29.6 Å². The van der Waals surface area contributed by atoms with E-state index in [0.29, 0.717) is 43.8 Å². The van der Waals surface area contributed by atoms with Gasteiger partial charge in [0.25, 0.3) is 0 Å². The Morgan fingerprint density at radius 2 is 2.00 bits per heavy atom. The van der Waals surface area contributed by atoms with Gasteiger partial charge >= 0.3 is 0 Å². The fourth-order valence-corrected chi connectivity index (χ4v) is 2.49.